The molecule has 6 heteroatoms. The molecule has 1 N–H and O–H groups in total. The molecule has 2 aromatic carbocycles. The normalized spacial score (nSPS) is 14.5. The predicted molar refractivity (Wildman–Crippen MR) is 108 cm³/mol. The fourth-order valence-electron chi connectivity index (χ4n) is 3.12. The molecule has 1 heterocycles. The Bertz CT molecular complexity index is 844. The topological polar surface area (TPSA) is 67.9 Å². The average molecular weight is 382 g/mol. The number of hydrogen-bond acceptors (Lipinski definition) is 5. The first-order valence-corrected chi connectivity index (χ1v) is 9.55. The lowest BCUT2D eigenvalue weighted by molar-refractivity contribution is 0.0342. The molecule has 1 saturated heterocycles. The van der Waals surface area contributed by atoms with Crippen LogP contribution in [0.1, 0.15) is 38.8 Å². The van der Waals surface area contributed by atoms with E-state index >= 15 is 0 Å². The number of carbonyl (C=O) groups excluding carboxylic acids is 2. The summed E-state index contributed by atoms with van der Waals surface area (Å²) >= 11 is 0. The third-order valence-electron chi connectivity index (χ3n) is 4.70. The van der Waals surface area contributed by atoms with Crippen molar-refractivity contribution in [3.63, 3.8) is 0 Å². The molecule has 0 saturated carbocycles. The van der Waals surface area contributed by atoms with E-state index in [2.05, 4.69) is 10.2 Å². The van der Waals surface area contributed by atoms with E-state index in [0.29, 0.717) is 23.4 Å². The van der Waals surface area contributed by atoms with Gasteiger partial charge >= 0.3 is 5.97 Å². The molecule has 0 radical (unpaired) electrons. The molecule has 0 bridgehead atoms. The number of nitrogens with zero attached hydrogens (tertiary/aromatic N) is 1. The predicted octanol–water partition coefficient (Wildman–Crippen LogP) is 3.26. The minimum Gasteiger partial charge on any atom is -0.462 e. The number of carbonyl (C=O) groups is 2. The fraction of sp³-hybridized carbons (Fsp3) is 0.364. The van der Waals surface area contributed by atoms with E-state index in [4.69, 9.17) is 9.47 Å². The molecule has 3 rings (SSSR count). The highest BCUT2D eigenvalue weighted by atomic mass is 16.5. The second-order valence-corrected chi connectivity index (χ2v) is 6.79. The number of nitrogens with one attached hydrogen (secondary N) is 1. The number of esters is 1. The Kier molecular flexibility index (Phi) is 6.79. The van der Waals surface area contributed by atoms with Crippen LogP contribution in [0.3, 0.4) is 0 Å². The van der Waals surface area contributed by atoms with Crippen LogP contribution in [-0.2, 0) is 16.0 Å². The van der Waals surface area contributed by atoms with Crippen molar-refractivity contribution >= 4 is 17.6 Å². The summed E-state index contributed by atoms with van der Waals surface area (Å²) in [5.74, 6) is -0.599. The molecule has 0 unspecified atom stereocenters. The maximum atomic E-state index is 12.8. The van der Waals surface area contributed by atoms with Gasteiger partial charge in [-0.3, -0.25) is 9.69 Å². The largest absolute Gasteiger partial charge is 0.462 e. The minimum atomic E-state index is -0.398. The van der Waals surface area contributed by atoms with E-state index in [1.165, 1.54) is 0 Å². The first-order chi connectivity index (χ1) is 13.6. The summed E-state index contributed by atoms with van der Waals surface area (Å²) in [6, 6.07) is 12.8. The number of ether oxygens (including phenoxy) is 2. The zero-order valence-corrected chi connectivity index (χ0v) is 16.4. The van der Waals surface area contributed by atoms with Crippen molar-refractivity contribution < 1.29 is 19.1 Å². The number of hydrogen-bond donors (Lipinski definition) is 1. The van der Waals surface area contributed by atoms with Gasteiger partial charge in [0.25, 0.3) is 5.91 Å². The first kappa shape index (κ1) is 20.0. The molecule has 6 nitrogen and oxygen atoms in total. The van der Waals surface area contributed by atoms with E-state index in [9.17, 15) is 9.59 Å². The van der Waals surface area contributed by atoms with Crippen molar-refractivity contribution in [1.82, 2.24) is 4.90 Å². The Morgan fingerprint density at radius 1 is 1.11 bits per heavy atom. The summed E-state index contributed by atoms with van der Waals surface area (Å²) in [5.41, 5.74) is 3.59. The number of morpholine rings is 1. The van der Waals surface area contributed by atoms with Crippen molar-refractivity contribution in [2.24, 2.45) is 0 Å². The van der Waals surface area contributed by atoms with Crippen LogP contribution in [0.15, 0.2) is 42.5 Å². The highest BCUT2D eigenvalue weighted by molar-refractivity contribution is 6.05. The van der Waals surface area contributed by atoms with Crippen molar-refractivity contribution in [3.05, 3.63) is 64.7 Å². The molecule has 1 aliphatic heterocycles. The number of amides is 1. The summed E-state index contributed by atoms with van der Waals surface area (Å²) in [6.45, 7) is 8.04. The van der Waals surface area contributed by atoms with Crippen LogP contribution >= 0.6 is 0 Å². The van der Waals surface area contributed by atoms with Gasteiger partial charge in [0.15, 0.2) is 0 Å². The second kappa shape index (κ2) is 9.48. The number of aryl methyl sites for hydroxylation is 1. The van der Waals surface area contributed by atoms with Crippen LogP contribution in [0.2, 0.25) is 0 Å². The van der Waals surface area contributed by atoms with Crippen LogP contribution in [-0.4, -0.2) is 49.7 Å². The lowest BCUT2D eigenvalue weighted by Gasteiger charge is -2.26. The summed E-state index contributed by atoms with van der Waals surface area (Å²) in [7, 11) is 0. The van der Waals surface area contributed by atoms with E-state index in [0.717, 1.165) is 44.0 Å². The summed E-state index contributed by atoms with van der Waals surface area (Å²) in [4.78, 5) is 27.0. The first-order valence-electron chi connectivity index (χ1n) is 9.55. The zero-order chi connectivity index (χ0) is 19.9. The van der Waals surface area contributed by atoms with E-state index in [1.54, 1.807) is 31.2 Å². The SMILES string of the molecule is CCOC(=O)c1ccc(C)c(NC(=O)c2cccc(CN3CCOCC3)c2)c1. The molecule has 148 valence electrons. The quantitative estimate of drug-likeness (QED) is 0.777. The third-order valence-corrected chi connectivity index (χ3v) is 4.70. The monoisotopic (exact) mass is 382 g/mol. The van der Waals surface area contributed by atoms with Gasteiger partial charge in [0.05, 0.1) is 25.4 Å². The van der Waals surface area contributed by atoms with Gasteiger partial charge < -0.3 is 14.8 Å². The second-order valence-electron chi connectivity index (χ2n) is 6.79. The molecule has 0 atom stereocenters. The summed E-state index contributed by atoms with van der Waals surface area (Å²) in [5, 5.41) is 2.91. The molecule has 0 aromatic heterocycles. The number of rotatable bonds is 6. The molecule has 0 aliphatic carbocycles. The zero-order valence-electron chi connectivity index (χ0n) is 16.4. The van der Waals surface area contributed by atoms with Gasteiger partial charge in [-0.15, -0.1) is 0 Å². The van der Waals surface area contributed by atoms with Crippen LogP contribution in [0.25, 0.3) is 0 Å². The fourth-order valence-corrected chi connectivity index (χ4v) is 3.12. The third kappa shape index (κ3) is 5.18. The van der Waals surface area contributed by atoms with Crippen molar-refractivity contribution in [2.45, 2.75) is 20.4 Å². The number of benzene rings is 2. The van der Waals surface area contributed by atoms with Gasteiger partial charge in [0.1, 0.15) is 0 Å². The minimum absolute atomic E-state index is 0.201. The highest BCUT2D eigenvalue weighted by Gasteiger charge is 2.14. The molecule has 1 amide bonds. The molecule has 1 aliphatic rings. The van der Waals surface area contributed by atoms with Gasteiger partial charge in [-0.25, -0.2) is 4.79 Å². The standard InChI is InChI=1S/C22H26N2O4/c1-3-28-22(26)19-8-7-16(2)20(14-19)23-21(25)18-6-4-5-17(13-18)15-24-9-11-27-12-10-24/h4-8,13-14H,3,9-12,15H2,1-2H3,(H,23,25). The van der Waals surface area contributed by atoms with Gasteiger partial charge in [-0.1, -0.05) is 18.2 Å². The number of anilines is 1. The molecular formula is C22H26N2O4. The van der Waals surface area contributed by atoms with Crippen molar-refractivity contribution in [3.8, 4) is 0 Å². The molecule has 1 fully saturated rings. The molecule has 0 spiro atoms. The Hall–Kier alpha value is -2.70. The maximum absolute atomic E-state index is 12.8. The Morgan fingerprint density at radius 3 is 2.64 bits per heavy atom. The molecular weight excluding hydrogens is 356 g/mol. The van der Waals surface area contributed by atoms with Crippen LogP contribution in [0.4, 0.5) is 5.69 Å². The van der Waals surface area contributed by atoms with Gasteiger partial charge in [-0.2, -0.15) is 0 Å². The van der Waals surface area contributed by atoms with E-state index in [-0.39, 0.29) is 5.91 Å². The summed E-state index contributed by atoms with van der Waals surface area (Å²) in [6.07, 6.45) is 0. The van der Waals surface area contributed by atoms with Crippen LogP contribution in [0, 0.1) is 6.92 Å². The van der Waals surface area contributed by atoms with Crippen molar-refractivity contribution in [1.29, 1.82) is 0 Å². The van der Waals surface area contributed by atoms with Crippen LogP contribution < -0.4 is 5.32 Å². The lowest BCUT2D eigenvalue weighted by Crippen LogP contribution is -2.35. The van der Waals surface area contributed by atoms with Gasteiger partial charge in [0, 0.05) is 30.9 Å². The van der Waals surface area contributed by atoms with E-state index < -0.39 is 5.97 Å². The average Bonchev–Trinajstić information content (AvgIpc) is 2.70. The smallest absolute Gasteiger partial charge is 0.338 e. The Balaban J connectivity index is 1.71. The Labute approximate surface area is 165 Å². The highest BCUT2D eigenvalue weighted by Crippen LogP contribution is 2.19. The maximum Gasteiger partial charge on any atom is 0.338 e. The van der Waals surface area contributed by atoms with Gasteiger partial charge in [0.2, 0.25) is 0 Å². The Morgan fingerprint density at radius 2 is 1.89 bits per heavy atom. The lowest BCUT2D eigenvalue weighted by atomic mass is 10.1. The molecule has 28 heavy (non-hydrogen) atoms. The van der Waals surface area contributed by atoms with Crippen molar-refractivity contribution in [2.75, 3.05) is 38.2 Å². The summed E-state index contributed by atoms with van der Waals surface area (Å²) < 4.78 is 10.4. The van der Waals surface area contributed by atoms with Crippen LogP contribution in [0.5, 0.6) is 0 Å². The van der Waals surface area contributed by atoms with E-state index in [1.807, 2.05) is 25.1 Å². The molecule has 2 aromatic rings. The van der Waals surface area contributed by atoms with Gasteiger partial charge in [-0.05, 0) is 49.2 Å².